The predicted octanol–water partition coefficient (Wildman–Crippen LogP) is 3.66. The number of rotatable bonds is 3. The lowest BCUT2D eigenvalue weighted by molar-refractivity contribution is 0.470. The molecule has 2 rings (SSSR count). The van der Waals surface area contributed by atoms with Gasteiger partial charge in [-0.3, -0.25) is 0 Å². The first-order valence-corrected chi connectivity index (χ1v) is 5.63. The minimum atomic E-state index is -0.00133. The van der Waals surface area contributed by atoms with Crippen LogP contribution in [0.25, 0.3) is 11.3 Å². The SMILES string of the molecule is CCC(N)c1ccc(-c2cccc(C)c2)o1. The highest BCUT2D eigenvalue weighted by Crippen LogP contribution is 2.26. The Morgan fingerprint density at radius 2 is 2.06 bits per heavy atom. The van der Waals surface area contributed by atoms with Gasteiger partial charge in [0.2, 0.25) is 0 Å². The van der Waals surface area contributed by atoms with Crippen molar-refractivity contribution in [1.82, 2.24) is 0 Å². The van der Waals surface area contributed by atoms with Crippen LogP contribution in [0.3, 0.4) is 0 Å². The second-order valence-electron chi connectivity index (χ2n) is 4.09. The maximum Gasteiger partial charge on any atom is 0.134 e. The van der Waals surface area contributed by atoms with Crippen LogP contribution in [0.1, 0.15) is 30.7 Å². The molecule has 0 saturated carbocycles. The van der Waals surface area contributed by atoms with Crippen molar-refractivity contribution in [2.24, 2.45) is 5.73 Å². The zero-order valence-electron chi connectivity index (χ0n) is 9.73. The Kier molecular flexibility index (Phi) is 3.11. The molecule has 2 heteroatoms. The molecule has 16 heavy (non-hydrogen) atoms. The van der Waals surface area contributed by atoms with Crippen LogP contribution in [-0.4, -0.2) is 0 Å². The van der Waals surface area contributed by atoms with E-state index in [9.17, 15) is 0 Å². The maximum absolute atomic E-state index is 5.92. The Morgan fingerprint density at radius 1 is 1.25 bits per heavy atom. The smallest absolute Gasteiger partial charge is 0.134 e. The zero-order valence-corrected chi connectivity index (χ0v) is 9.73. The number of aryl methyl sites for hydroxylation is 1. The second-order valence-corrected chi connectivity index (χ2v) is 4.09. The fourth-order valence-electron chi connectivity index (χ4n) is 1.71. The molecule has 0 fully saturated rings. The summed E-state index contributed by atoms with van der Waals surface area (Å²) >= 11 is 0. The van der Waals surface area contributed by atoms with Gasteiger partial charge in [0, 0.05) is 5.56 Å². The van der Waals surface area contributed by atoms with Crippen LogP contribution >= 0.6 is 0 Å². The standard InChI is InChI=1S/C14H17NO/c1-3-12(15)14-8-7-13(16-14)11-6-4-5-10(2)9-11/h4-9,12H,3,15H2,1-2H3. The molecule has 0 spiro atoms. The molecule has 1 atom stereocenters. The first kappa shape index (κ1) is 11.0. The molecule has 2 nitrogen and oxygen atoms in total. The molecule has 0 aliphatic heterocycles. The quantitative estimate of drug-likeness (QED) is 0.848. The Balaban J connectivity index is 2.31. The highest BCUT2D eigenvalue weighted by atomic mass is 16.3. The minimum absolute atomic E-state index is 0.00133. The van der Waals surface area contributed by atoms with E-state index < -0.39 is 0 Å². The van der Waals surface area contributed by atoms with Crippen LogP contribution in [-0.2, 0) is 0 Å². The molecule has 0 saturated heterocycles. The van der Waals surface area contributed by atoms with Crippen LogP contribution < -0.4 is 5.73 Å². The van der Waals surface area contributed by atoms with Gasteiger partial charge in [0.05, 0.1) is 6.04 Å². The van der Waals surface area contributed by atoms with Crippen molar-refractivity contribution < 1.29 is 4.42 Å². The van der Waals surface area contributed by atoms with E-state index in [0.717, 1.165) is 23.5 Å². The molecule has 1 aromatic carbocycles. The Hall–Kier alpha value is -1.54. The van der Waals surface area contributed by atoms with Gasteiger partial charge in [0.25, 0.3) is 0 Å². The average Bonchev–Trinajstić information content (AvgIpc) is 2.77. The van der Waals surface area contributed by atoms with Crippen molar-refractivity contribution in [3.8, 4) is 11.3 Å². The molecule has 1 heterocycles. The van der Waals surface area contributed by atoms with Crippen LogP contribution in [0.2, 0.25) is 0 Å². The second kappa shape index (κ2) is 4.54. The average molecular weight is 215 g/mol. The monoisotopic (exact) mass is 215 g/mol. The van der Waals surface area contributed by atoms with E-state index in [4.69, 9.17) is 10.2 Å². The third-order valence-corrected chi connectivity index (χ3v) is 2.73. The minimum Gasteiger partial charge on any atom is -0.459 e. The van der Waals surface area contributed by atoms with Gasteiger partial charge in [-0.25, -0.2) is 0 Å². The van der Waals surface area contributed by atoms with Gasteiger partial charge in [-0.05, 0) is 31.5 Å². The number of hydrogen-bond acceptors (Lipinski definition) is 2. The zero-order chi connectivity index (χ0) is 11.5. The first-order valence-electron chi connectivity index (χ1n) is 5.63. The van der Waals surface area contributed by atoms with Gasteiger partial charge in [-0.15, -0.1) is 0 Å². The fraction of sp³-hybridized carbons (Fsp3) is 0.286. The molecule has 0 bridgehead atoms. The third-order valence-electron chi connectivity index (χ3n) is 2.73. The Labute approximate surface area is 96.1 Å². The summed E-state index contributed by atoms with van der Waals surface area (Å²) in [5.41, 5.74) is 8.26. The number of hydrogen-bond donors (Lipinski definition) is 1. The van der Waals surface area contributed by atoms with E-state index in [-0.39, 0.29) is 6.04 Å². The van der Waals surface area contributed by atoms with E-state index >= 15 is 0 Å². The summed E-state index contributed by atoms with van der Waals surface area (Å²) in [5, 5.41) is 0. The molecule has 2 N–H and O–H groups in total. The summed E-state index contributed by atoms with van der Waals surface area (Å²) in [6, 6.07) is 12.2. The summed E-state index contributed by atoms with van der Waals surface area (Å²) in [4.78, 5) is 0. The number of furan rings is 1. The third kappa shape index (κ3) is 2.17. The van der Waals surface area contributed by atoms with Crippen LogP contribution in [0, 0.1) is 6.92 Å². The Bertz CT molecular complexity index is 473. The largest absolute Gasteiger partial charge is 0.459 e. The molecule has 0 amide bonds. The fourth-order valence-corrected chi connectivity index (χ4v) is 1.71. The Morgan fingerprint density at radius 3 is 2.75 bits per heavy atom. The molecule has 0 aliphatic rings. The van der Waals surface area contributed by atoms with E-state index in [2.05, 4.69) is 26.0 Å². The van der Waals surface area contributed by atoms with E-state index in [0.29, 0.717) is 0 Å². The lowest BCUT2D eigenvalue weighted by Gasteiger charge is -2.04. The summed E-state index contributed by atoms with van der Waals surface area (Å²) in [6.07, 6.45) is 0.890. The lowest BCUT2D eigenvalue weighted by atomic mass is 10.1. The van der Waals surface area contributed by atoms with Gasteiger partial charge in [0.15, 0.2) is 0 Å². The highest BCUT2D eigenvalue weighted by Gasteiger charge is 2.09. The summed E-state index contributed by atoms with van der Waals surface area (Å²) in [6.45, 7) is 4.13. The summed E-state index contributed by atoms with van der Waals surface area (Å²) in [5.74, 6) is 1.75. The van der Waals surface area contributed by atoms with Crippen LogP contribution in [0.4, 0.5) is 0 Å². The number of nitrogens with two attached hydrogens (primary N) is 1. The normalized spacial score (nSPS) is 12.7. The molecule has 0 aliphatic carbocycles. The van der Waals surface area contributed by atoms with Gasteiger partial charge in [0.1, 0.15) is 11.5 Å². The van der Waals surface area contributed by atoms with Gasteiger partial charge < -0.3 is 10.2 Å². The van der Waals surface area contributed by atoms with Gasteiger partial charge in [-0.2, -0.15) is 0 Å². The summed E-state index contributed by atoms with van der Waals surface area (Å²) in [7, 11) is 0. The molecular formula is C14H17NO. The van der Waals surface area contributed by atoms with E-state index in [1.54, 1.807) is 0 Å². The molecule has 1 aromatic heterocycles. The first-order chi connectivity index (χ1) is 7.70. The predicted molar refractivity (Wildman–Crippen MR) is 66.1 cm³/mol. The van der Waals surface area contributed by atoms with Crippen molar-refractivity contribution in [2.75, 3.05) is 0 Å². The van der Waals surface area contributed by atoms with Gasteiger partial charge >= 0.3 is 0 Å². The molecular weight excluding hydrogens is 198 g/mol. The van der Waals surface area contributed by atoms with Crippen LogP contribution in [0.5, 0.6) is 0 Å². The molecule has 2 aromatic rings. The maximum atomic E-state index is 5.92. The molecule has 0 radical (unpaired) electrons. The van der Waals surface area contributed by atoms with E-state index in [1.165, 1.54) is 5.56 Å². The molecule has 84 valence electrons. The van der Waals surface area contributed by atoms with Crippen molar-refractivity contribution in [3.63, 3.8) is 0 Å². The van der Waals surface area contributed by atoms with Gasteiger partial charge in [-0.1, -0.05) is 30.7 Å². The van der Waals surface area contributed by atoms with Crippen molar-refractivity contribution in [2.45, 2.75) is 26.3 Å². The molecule has 1 unspecified atom stereocenters. The highest BCUT2D eigenvalue weighted by molar-refractivity contribution is 5.58. The van der Waals surface area contributed by atoms with Crippen molar-refractivity contribution in [1.29, 1.82) is 0 Å². The number of benzene rings is 1. The van der Waals surface area contributed by atoms with Crippen molar-refractivity contribution >= 4 is 0 Å². The lowest BCUT2D eigenvalue weighted by Crippen LogP contribution is -2.06. The van der Waals surface area contributed by atoms with Crippen molar-refractivity contribution in [3.05, 3.63) is 47.7 Å². The van der Waals surface area contributed by atoms with Crippen LogP contribution in [0.15, 0.2) is 40.8 Å². The topological polar surface area (TPSA) is 39.2 Å². The summed E-state index contributed by atoms with van der Waals surface area (Å²) < 4.78 is 5.75. The van der Waals surface area contributed by atoms with E-state index in [1.807, 2.05) is 24.3 Å².